The summed E-state index contributed by atoms with van der Waals surface area (Å²) in [6, 6.07) is 18.7. The minimum absolute atomic E-state index is 0.214. The van der Waals surface area contributed by atoms with Gasteiger partial charge in [-0.05, 0) is 48.1 Å². The summed E-state index contributed by atoms with van der Waals surface area (Å²) in [4.78, 5) is 2.62. The van der Waals surface area contributed by atoms with E-state index < -0.39 is 6.61 Å². The highest BCUT2D eigenvalue weighted by Crippen LogP contribution is 2.38. The number of nitrogens with zero attached hydrogens (tertiary/aromatic N) is 1. The first-order valence-electron chi connectivity index (χ1n) is 9.24. The van der Waals surface area contributed by atoms with Crippen molar-refractivity contribution in [3.63, 3.8) is 0 Å². The second-order valence-corrected chi connectivity index (χ2v) is 7.11. The van der Waals surface area contributed by atoms with E-state index in [-0.39, 0.29) is 5.75 Å². The molecular weight excluding hydrogens is 332 g/mol. The second-order valence-electron chi connectivity index (χ2n) is 7.11. The first-order chi connectivity index (χ1) is 12.7. The number of hydrogen-bond donors (Lipinski definition) is 0. The third-order valence-corrected chi connectivity index (χ3v) is 5.44. The van der Waals surface area contributed by atoms with Crippen molar-refractivity contribution < 1.29 is 13.5 Å². The largest absolute Gasteiger partial charge is 0.435 e. The Balaban J connectivity index is 1.52. The Hall–Kier alpha value is -2.20. The standard InChI is InChI=1S/C22H23F2NO/c23-22(24)26-21-11-9-17(10-12-21)18-13-19-7-4-8-20(14-18)25(19)15-16-5-2-1-3-6-16/h1-3,5-6,9-13,19-20,22H,4,7-8,14-15H2. The SMILES string of the molecule is FC(F)Oc1ccc(C2=CC3CCCC(C2)N3Cc2ccccc2)cc1. The van der Waals surface area contributed by atoms with E-state index in [0.717, 1.165) is 18.5 Å². The van der Waals surface area contributed by atoms with E-state index in [9.17, 15) is 8.78 Å². The summed E-state index contributed by atoms with van der Waals surface area (Å²) in [5.41, 5.74) is 3.80. The molecule has 0 spiro atoms. The van der Waals surface area contributed by atoms with Crippen molar-refractivity contribution in [2.24, 2.45) is 0 Å². The summed E-state index contributed by atoms with van der Waals surface area (Å²) in [6.45, 7) is -1.79. The molecule has 0 amide bonds. The summed E-state index contributed by atoms with van der Waals surface area (Å²) in [6.07, 6.45) is 7.05. The van der Waals surface area contributed by atoms with Gasteiger partial charge < -0.3 is 4.74 Å². The van der Waals surface area contributed by atoms with Crippen molar-refractivity contribution in [2.75, 3.05) is 0 Å². The molecule has 2 atom stereocenters. The van der Waals surface area contributed by atoms with E-state index >= 15 is 0 Å². The molecule has 0 aliphatic carbocycles. The fourth-order valence-corrected chi connectivity index (χ4v) is 4.22. The lowest BCUT2D eigenvalue weighted by atomic mass is 9.82. The van der Waals surface area contributed by atoms with Gasteiger partial charge in [0.05, 0.1) is 0 Å². The van der Waals surface area contributed by atoms with Gasteiger partial charge in [0.1, 0.15) is 5.75 Å². The molecule has 2 aliphatic rings. The predicted octanol–water partition coefficient (Wildman–Crippen LogP) is 5.50. The summed E-state index contributed by atoms with van der Waals surface area (Å²) >= 11 is 0. The van der Waals surface area contributed by atoms with E-state index in [1.165, 1.54) is 30.4 Å². The van der Waals surface area contributed by atoms with Crippen molar-refractivity contribution >= 4 is 5.57 Å². The van der Waals surface area contributed by atoms with Crippen LogP contribution in [0.1, 0.15) is 36.8 Å². The Kier molecular flexibility index (Phi) is 5.02. The molecule has 0 saturated carbocycles. The molecule has 1 saturated heterocycles. The van der Waals surface area contributed by atoms with Gasteiger partial charge >= 0.3 is 6.61 Å². The molecule has 2 nitrogen and oxygen atoms in total. The molecule has 4 rings (SSSR count). The monoisotopic (exact) mass is 355 g/mol. The van der Waals surface area contributed by atoms with Crippen molar-refractivity contribution in [1.82, 2.24) is 4.90 Å². The summed E-state index contributed by atoms with van der Waals surface area (Å²) < 4.78 is 29.1. The van der Waals surface area contributed by atoms with Crippen molar-refractivity contribution in [3.8, 4) is 5.75 Å². The number of rotatable bonds is 5. The van der Waals surface area contributed by atoms with Crippen LogP contribution in [0.2, 0.25) is 0 Å². The van der Waals surface area contributed by atoms with Crippen LogP contribution in [0.5, 0.6) is 5.75 Å². The maximum Gasteiger partial charge on any atom is 0.387 e. The Morgan fingerprint density at radius 1 is 1.00 bits per heavy atom. The smallest absolute Gasteiger partial charge is 0.387 e. The molecule has 4 heteroatoms. The number of piperidine rings is 1. The van der Waals surface area contributed by atoms with Crippen LogP contribution >= 0.6 is 0 Å². The van der Waals surface area contributed by atoms with Crippen molar-refractivity contribution in [3.05, 3.63) is 71.8 Å². The van der Waals surface area contributed by atoms with Gasteiger partial charge in [-0.25, -0.2) is 0 Å². The van der Waals surface area contributed by atoms with Gasteiger partial charge in [0.25, 0.3) is 0 Å². The fourth-order valence-electron chi connectivity index (χ4n) is 4.22. The van der Waals surface area contributed by atoms with Crippen molar-refractivity contribution in [2.45, 2.75) is 50.9 Å². The Morgan fingerprint density at radius 3 is 2.46 bits per heavy atom. The predicted molar refractivity (Wildman–Crippen MR) is 99.1 cm³/mol. The quantitative estimate of drug-likeness (QED) is 0.702. The van der Waals surface area contributed by atoms with E-state index in [2.05, 4.69) is 46.0 Å². The number of halogens is 2. The summed E-state index contributed by atoms with van der Waals surface area (Å²) in [7, 11) is 0. The average Bonchev–Trinajstić information content (AvgIpc) is 2.62. The van der Waals surface area contributed by atoms with Crippen LogP contribution in [0, 0.1) is 0 Å². The zero-order valence-corrected chi connectivity index (χ0v) is 14.7. The number of hydrogen-bond acceptors (Lipinski definition) is 2. The van der Waals surface area contributed by atoms with Gasteiger partial charge in [0, 0.05) is 18.6 Å². The highest BCUT2D eigenvalue weighted by atomic mass is 19.3. The van der Waals surface area contributed by atoms with Gasteiger partial charge in [0.2, 0.25) is 0 Å². The van der Waals surface area contributed by atoms with Gasteiger partial charge in [0.15, 0.2) is 0 Å². The molecule has 0 aromatic heterocycles. The Labute approximate surface area is 153 Å². The fraction of sp³-hybridized carbons (Fsp3) is 0.364. The van der Waals surface area contributed by atoms with Gasteiger partial charge in [-0.1, -0.05) is 55.0 Å². The third-order valence-electron chi connectivity index (χ3n) is 5.44. The van der Waals surface area contributed by atoms with Gasteiger partial charge in [-0.2, -0.15) is 8.78 Å². The first kappa shape index (κ1) is 17.2. The van der Waals surface area contributed by atoms with Crippen LogP contribution in [0.3, 0.4) is 0 Å². The van der Waals surface area contributed by atoms with Crippen LogP contribution in [-0.4, -0.2) is 23.6 Å². The van der Waals surface area contributed by atoms with Crippen molar-refractivity contribution in [1.29, 1.82) is 0 Å². The third kappa shape index (κ3) is 3.80. The van der Waals surface area contributed by atoms with E-state index in [1.807, 2.05) is 12.1 Å². The Morgan fingerprint density at radius 2 is 1.77 bits per heavy atom. The highest BCUT2D eigenvalue weighted by molar-refractivity contribution is 5.68. The molecule has 2 bridgehead atoms. The molecule has 0 N–H and O–H groups in total. The molecule has 2 aromatic carbocycles. The van der Waals surface area contributed by atoms with Crippen LogP contribution < -0.4 is 4.74 Å². The lowest BCUT2D eigenvalue weighted by Gasteiger charge is -2.45. The topological polar surface area (TPSA) is 12.5 Å². The second kappa shape index (κ2) is 7.58. The van der Waals surface area contributed by atoms with Crippen LogP contribution in [0.15, 0.2) is 60.7 Å². The number of benzene rings is 2. The average molecular weight is 355 g/mol. The zero-order valence-electron chi connectivity index (χ0n) is 14.7. The first-order valence-corrected chi connectivity index (χ1v) is 9.24. The molecule has 26 heavy (non-hydrogen) atoms. The summed E-state index contributed by atoms with van der Waals surface area (Å²) in [5.74, 6) is 0.214. The zero-order chi connectivity index (χ0) is 17.9. The minimum atomic E-state index is -2.78. The normalized spacial score (nSPS) is 23.0. The highest BCUT2D eigenvalue weighted by Gasteiger charge is 2.33. The number of fused-ring (bicyclic) bond motifs is 2. The van der Waals surface area contributed by atoms with Crippen LogP contribution in [0.25, 0.3) is 5.57 Å². The van der Waals surface area contributed by atoms with Crippen LogP contribution in [-0.2, 0) is 6.54 Å². The molecular formula is C22H23F2NO. The molecule has 136 valence electrons. The van der Waals surface area contributed by atoms with E-state index in [1.54, 1.807) is 12.1 Å². The summed E-state index contributed by atoms with van der Waals surface area (Å²) in [5, 5.41) is 0. The number of ether oxygens (including phenoxy) is 1. The Bertz CT molecular complexity index is 757. The lowest BCUT2D eigenvalue weighted by molar-refractivity contribution is -0.0498. The molecule has 0 radical (unpaired) electrons. The molecule has 2 aliphatic heterocycles. The van der Waals surface area contributed by atoms with E-state index in [4.69, 9.17) is 0 Å². The van der Waals surface area contributed by atoms with E-state index in [0.29, 0.717) is 12.1 Å². The molecule has 1 fully saturated rings. The lowest BCUT2D eigenvalue weighted by Crippen LogP contribution is -2.47. The maximum absolute atomic E-state index is 12.3. The molecule has 2 unspecified atom stereocenters. The maximum atomic E-state index is 12.3. The minimum Gasteiger partial charge on any atom is -0.435 e. The number of alkyl halides is 2. The van der Waals surface area contributed by atoms with Gasteiger partial charge in [-0.3, -0.25) is 4.90 Å². The molecule has 2 aromatic rings. The molecule has 2 heterocycles. The van der Waals surface area contributed by atoms with Crippen LogP contribution in [0.4, 0.5) is 8.78 Å². The van der Waals surface area contributed by atoms with Gasteiger partial charge in [-0.15, -0.1) is 0 Å².